The Bertz CT molecular complexity index is 195. The minimum atomic E-state index is 0.318. The summed E-state index contributed by atoms with van der Waals surface area (Å²) in [4.78, 5) is 0. The minimum Gasteiger partial charge on any atom is -0.0921 e. The Morgan fingerprint density at radius 3 is 2.50 bits per heavy atom. The Hall–Kier alpha value is 1.17. The van der Waals surface area contributed by atoms with Gasteiger partial charge in [-0.05, 0) is 5.92 Å². The lowest BCUT2D eigenvalue weighted by molar-refractivity contribution is 0.398. The topological polar surface area (TPSA) is 0 Å². The third-order valence-electron chi connectivity index (χ3n) is 2.28. The molecule has 0 saturated carbocycles. The zero-order valence-corrected chi connectivity index (χ0v) is 12.0. The summed E-state index contributed by atoms with van der Waals surface area (Å²) in [5, 5.41) is 2.09. The maximum atomic E-state index is 3.60. The molecule has 0 nitrogen and oxygen atoms in total. The Balaban J connectivity index is 2.84. The molecule has 1 rings (SSSR count). The van der Waals surface area contributed by atoms with Crippen molar-refractivity contribution in [3.8, 4) is 0 Å². The molecule has 0 N–H and O–H groups in total. The van der Waals surface area contributed by atoms with E-state index in [0.717, 1.165) is 15.1 Å². The van der Waals surface area contributed by atoms with Crippen LogP contribution in [0.1, 0.15) is 0 Å². The lowest BCUT2D eigenvalue weighted by Crippen LogP contribution is -2.33. The third-order valence-corrected chi connectivity index (χ3v) is 5.45. The molecule has 0 aliphatic heterocycles. The van der Waals surface area contributed by atoms with Gasteiger partial charge < -0.3 is 0 Å². The van der Waals surface area contributed by atoms with Gasteiger partial charge in [-0.25, -0.2) is 0 Å². The average Bonchev–Trinajstić information content (AvgIpc) is 2.17. The summed E-state index contributed by atoms with van der Waals surface area (Å²) < 4.78 is 1.16. The first-order valence-electron chi connectivity index (χ1n) is 3.83. The first-order chi connectivity index (χ1) is 5.79. The summed E-state index contributed by atoms with van der Waals surface area (Å²) in [6, 6.07) is 0. The van der Waals surface area contributed by atoms with E-state index in [-0.39, 0.29) is 0 Å². The highest BCUT2D eigenvalue weighted by Gasteiger charge is 2.33. The highest BCUT2D eigenvalue weighted by atomic mass is 127. The van der Waals surface area contributed by atoms with Crippen molar-refractivity contribution in [3.05, 3.63) is 24.3 Å². The van der Waals surface area contributed by atoms with Crippen LogP contribution in [0.5, 0.6) is 0 Å². The van der Waals surface area contributed by atoms with Crippen molar-refractivity contribution >= 4 is 54.5 Å². The van der Waals surface area contributed by atoms with Gasteiger partial charge in [0, 0.05) is 20.5 Å². The Kier molecular flexibility index (Phi) is 4.83. The van der Waals surface area contributed by atoms with Crippen LogP contribution in [0, 0.1) is 11.3 Å². The van der Waals surface area contributed by atoms with E-state index >= 15 is 0 Å². The molecule has 0 aromatic rings. The van der Waals surface area contributed by atoms with Crippen molar-refractivity contribution in [1.29, 1.82) is 0 Å². The number of rotatable bonds is 3. The Labute approximate surface area is 104 Å². The van der Waals surface area contributed by atoms with E-state index < -0.39 is 0 Å². The predicted octanol–water partition coefficient (Wildman–Crippen LogP) is 3.94. The first-order valence-corrected chi connectivity index (χ1v) is 7.60. The standard InChI is InChI=1S/C9H11Br2I/c10-5-8-3-1-2-4-9(8,6-11)7-12/h1-4,8H,5-7H2. The van der Waals surface area contributed by atoms with Crippen molar-refractivity contribution in [2.24, 2.45) is 11.3 Å². The van der Waals surface area contributed by atoms with Crippen LogP contribution in [0.25, 0.3) is 0 Å². The van der Waals surface area contributed by atoms with Crippen LogP contribution in [-0.2, 0) is 0 Å². The maximum Gasteiger partial charge on any atom is 0.0142 e. The number of halogens is 3. The normalized spacial score (nSPS) is 34.1. The monoisotopic (exact) mass is 404 g/mol. The largest absolute Gasteiger partial charge is 0.0921 e. The zero-order valence-electron chi connectivity index (χ0n) is 6.64. The second-order valence-corrected chi connectivity index (χ2v) is 4.98. The molecular weight excluding hydrogens is 395 g/mol. The number of hydrogen-bond donors (Lipinski definition) is 0. The smallest absolute Gasteiger partial charge is 0.0142 e. The molecule has 0 aromatic carbocycles. The summed E-state index contributed by atoms with van der Waals surface area (Å²) in [5.41, 5.74) is 0.318. The Morgan fingerprint density at radius 2 is 2.08 bits per heavy atom. The van der Waals surface area contributed by atoms with Crippen molar-refractivity contribution in [2.45, 2.75) is 0 Å². The SMILES string of the molecule is BrCC1C=CC=CC1(CBr)CI. The molecule has 1 aliphatic rings. The van der Waals surface area contributed by atoms with Crippen LogP contribution < -0.4 is 0 Å². The number of alkyl halides is 3. The third kappa shape index (κ3) is 2.15. The van der Waals surface area contributed by atoms with E-state index in [9.17, 15) is 0 Å². The molecular formula is C9H11Br2I. The molecule has 68 valence electrons. The highest BCUT2D eigenvalue weighted by molar-refractivity contribution is 14.1. The van der Waals surface area contributed by atoms with Crippen molar-refractivity contribution in [3.63, 3.8) is 0 Å². The maximum absolute atomic E-state index is 3.60. The molecule has 0 amide bonds. The van der Waals surface area contributed by atoms with Crippen LogP contribution in [0.15, 0.2) is 24.3 Å². The molecule has 0 radical (unpaired) electrons. The summed E-state index contributed by atoms with van der Waals surface area (Å²) in [5.74, 6) is 0.624. The van der Waals surface area contributed by atoms with Crippen molar-refractivity contribution in [2.75, 3.05) is 15.1 Å². The summed E-state index contributed by atoms with van der Waals surface area (Å²) in [6.45, 7) is 0. The van der Waals surface area contributed by atoms with E-state index in [2.05, 4.69) is 78.8 Å². The molecule has 0 heterocycles. The minimum absolute atomic E-state index is 0.318. The van der Waals surface area contributed by atoms with Gasteiger partial charge in [-0.15, -0.1) is 0 Å². The quantitative estimate of drug-likeness (QED) is 0.493. The highest BCUT2D eigenvalue weighted by Crippen LogP contribution is 2.38. The average molecular weight is 406 g/mol. The molecule has 0 aromatic heterocycles. The van der Waals surface area contributed by atoms with Crippen LogP contribution in [0.4, 0.5) is 0 Å². The molecule has 0 spiro atoms. The predicted molar refractivity (Wildman–Crippen MR) is 70.7 cm³/mol. The van der Waals surface area contributed by atoms with Crippen molar-refractivity contribution in [1.82, 2.24) is 0 Å². The fourth-order valence-electron chi connectivity index (χ4n) is 1.29. The fraction of sp³-hybridized carbons (Fsp3) is 0.556. The molecule has 2 atom stereocenters. The van der Waals surface area contributed by atoms with Gasteiger partial charge >= 0.3 is 0 Å². The molecule has 2 unspecified atom stereocenters. The van der Waals surface area contributed by atoms with Gasteiger partial charge in [-0.2, -0.15) is 0 Å². The second-order valence-electron chi connectivity index (χ2n) is 3.01. The number of hydrogen-bond acceptors (Lipinski definition) is 0. The van der Waals surface area contributed by atoms with Gasteiger partial charge in [0.2, 0.25) is 0 Å². The first kappa shape index (κ1) is 11.2. The molecule has 0 saturated heterocycles. The van der Waals surface area contributed by atoms with E-state index in [4.69, 9.17) is 0 Å². The Morgan fingerprint density at radius 1 is 1.33 bits per heavy atom. The van der Waals surface area contributed by atoms with Crippen LogP contribution >= 0.6 is 54.5 Å². The molecule has 0 fully saturated rings. The van der Waals surface area contributed by atoms with Gasteiger partial charge in [0.05, 0.1) is 0 Å². The zero-order chi connectivity index (χ0) is 9.03. The molecule has 1 aliphatic carbocycles. The van der Waals surface area contributed by atoms with Gasteiger partial charge in [-0.1, -0.05) is 78.8 Å². The molecule has 0 bridgehead atoms. The lowest BCUT2D eigenvalue weighted by Gasteiger charge is -2.34. The summed E-state index contributed by atoms with van der Waals surface area (Å²) in [6.07, 6.45) is 8.90. The summed E-state index contributed by atoms with van der Waals surface area (Å²) >= 11 is 9.62. The molecule has 3 heteroatoms. The summed E-state index contributed by atoms with van der Waals surface area (Å²) in [7, 11) is 0. The molecule has 12 heavy (non-hydrogen) atoms. The van der Waals surface area contributed by atoms with Gasteiger partial charge in [0.1, 0.15) is 0 Å². The van der Waals surface area contributed by atoms with Crippen LogP contribution in [-0.4, -0.2) is 15.1 Å². The lowest BCUT2D eigenvalue weighted by atomic mass is 9.77. The van der Waals surface area contributed by atoms with E-state index in [1.807, 2.05) is 0 Å². The van der Waals surface area contributed by atoms with Crippen LogP contribution in [0.2, 0.25) is 0 Å². The second kappa shape index (κ2) is 5.15. The van der Waals surface area contributed by atoms with Crippen LogP contribution in [0.3, 0.4) is 0 Å². The number of allylic oxidation sites excluding steroid dienone is 4. The van der Waals surface area contributed by atoms with Crippen molar-refractivity contribution < 1.29 is 0 Å². The van der Waals surface area contributed by atoms with E-state index in [0.29, 0.717) is 11.3 Å². The van der Waals surface area contributed by atoms with Gasteiger partial charge in [0.15, 0.2) is 0 Å². The van der Waals surface area contributed by atoms with E-state index in [1.165, 1.54) is 0 Å². The fourth-order valence-corrected chi connectivity index (χ4v) is 4.78. The van der Waals surface area contributed by atoms with Gasteiger partial charge in [-0.3, -0.25) is 0 Å². The van der Waals surface area contributed by atoms with Gasteiger partial charge in [0.25, 0.3) is 0 Å². The van der Waals surface area contributed by atoms with E-state index in [1.54, 1.807) is 0 Å².